The number of rotatable bonds is 12. The van der Waals surface area contributed by atoms with E-state index in [2.05, 4.69) is 11.6 Å². The Morgan fingerprint density at radius 2 is 1.22 bits per heavy atom. The summed E-state index contributed by atoms with van der Waals surface area (Å²) in [7, 11) is -3.98. The van der Waals surface area contributed by atoms with Crippen LogP contribution in [0.5, 0.6) is 0 Å². The summed E-state index contributed by atoms with van der Waals surface area (Å²) in [4.78, 5) is 0. The van der Waals surface area contributed by atoms with Gasteiger partial charge in [-0.2, -0.15) is 13.1 Å². The zero-order valence-corrected chi connectivity index (χ0v) is 14.8. The minimum absolute atomic E-state index is 0. The number of hydrogen-bond acceptors (Lipinski definition) is 2. The van der Waals surface area contributed by atoms with E-state index in [-0.39, 0.29) is 29.6 Å². The second-order valence-electron chi connectivity index (χ2n) is 4.55. The van der Waals surface area contributed by atoms with Crippen molar-refractivity contribution in [3.63, 3.8) is 0 Å². The molecule has 4 nitrogen and oxygen atoms in total. The van der Waals surface area contributed by atoms with Gasteiger partial charge in [0.15, 0.2) is 0 Å². The normalized spacial score (nSPS) is 11.2. The Morgan fingerprint density at radius 1 is 0.833 bits per heavy atom. The van der Waals surface area contributed by atoms with Gasteiger partial charge < -0.3 is 0 Å². The largest absolute Gasteiger partial charge is 0.333 e. The van der Waals surface area contributed by atoms with Crippen molar-refractivity contribution in [1.82, 2.24) is 4.72 Å². The SMILES string of the molecule is CCCCCCCCCCCCNS(=O)(=O)O.[Na]. The third-order valence-electron chi connectivity index (χ3n) is 2.81. The molecule has 0 aromatic rings. The quantitative estimate of drug-likeness (QED) is 0.330. The van der Waals surface area contributed by atoms with Crippen LogP contribution in [0.25, 0.3) is 0 Å². The molecule has 0 amide bonds. The molecule has 2 N–H and O–H groups in total. The molecule has 18 heavy (non-hydrogen) atoms. The Morgan fingerprint density at radius 3 is 1.61 bits per heavy atom. The van der Waals surface area contributed by atoms with Gasteiger partial charge in [-0.05, 0) is 6.42 Å². The molecule has 0 bridgehead atoms. The summed E-state index contributed by atoms with van der Waals surface area (Å²) in [6.07, 6.45) is 12.2. The van der Waals surface area contributed by atoms with Gasteiger partial charge >= 0.3 is 10.3 Å². The average Bonchev–Trinajstić information content (AvgIpc) is 2.24. The molecule has 0 spiro atoms. The van der Waals surface area contributed by atoms with Crippen LogP contribution in [0.4, 0.5) is 0 Å². The average molecular weight is 288 g/mol. The summed E-state index contributed by atoms with van der Waals surface area (Å²) >= 11 is 0. The first kappa shape index (κ1) is 21.2. The van der Waals surface area contributed by atoms with Crippen LogP contribution in [-0.2, 0) is 10.3 Å². The predicted octanol–water partition coefficient (Wildman–Crippen LogP) is 2.92. The summed E-state index contributed by atoms with van der Waals surface area (Å²) in [5.41, 5.74) is 0. The summed E-state index contributed by atoms with van der Waals surface area (Å²) in [5.74, 6) is 0. The molecule has 105 valence electrons. The van der Waals surface area contributed by atoms with Crippen LogP contribution in [0.1, 0.15) is 71.1 Å². The van der Waals surface area contributed by atoms with E-state index in [0.717, 1.165) is 19.3 Å². The summed E-state index contributed by atoms with van der Waals surface area (Å²) < 4.78 is 31.2. The standard InChI is InChI=1S/C12H27NO3S.Na/c1-2-3-4-5-6-7-8-9-10-11-12-13-17(14,15)16;/h13H,2-12H2,1H3,(H,14,15,16);. The van der Waals surface area contributed by atoms with E-state index in [9.17, 15) is 8.42 Å². The Bertz CT molecular complexity index is 258. The van der Waals surface area contributed by atoms with Gasteiger partial charge in [0.05, 0.1) is 0 Å². The Balaban J connectivity index is 0. The fourth-order valence-electron chi connectivity index (χ4n) is 1.81. The monoisotopic (exact) mass is 288 g/mol. The molecular formula is C12H27NNaO3S. The van der Waals surface area contributed by atoms with E-state index < -0.39 is 10.3 Å². The van der Waals surface area contributed by atoms with Gasteiger partial charge in [0, 0.05) is 36.1 Å². The first-order chi connectivity index (χ1) is 8.06. The van der Waals surface area contributed by atoms with Gasteiger partial charge in [-0.1, -0.05) is 64.7 Å². The van der Waals surface area contributed by atoms with Gasteiger partial charge in [-0.25, -0.2) is 0 Å². The van der Waals surface area contributed by atoms with E-state index >= 15 is 0 Å². The van der Waals surface area contributed by atoms with Crippen molar-refractivity contribution in [1.29, 1.82) is 0 Å². The Labute approximate surface area is 134 Å². The number of nitrogens with one attached hydrogen (secondary N) is 1. The van der Waals surface area contributed by atoms with Crippen LogP contribution in [0.3, 0.4) is 0 Å². The van der Waals surface area contributed by atoms with Crippen LogP contribution in [0.15, 0.2) is 0 Å². The molecular weight excluding hydrogens is 261 g/mol. The minimum Gasteiger partial charge on any atom is -0.273 e. The molecule has 0 aliphatic heterocycles. The third-order valence-corrected chi connectivity index (χ3v) is 3.38. The number of unbranched alkanes of at least 4 members (excludes halogenated alkanes) is 9. The molecule has 0 rings (SSSR count). The van der Waals surface area contributed by atoms with Crippen molar-refractivity contribution in [2.24, 2.45) is 0 Å². The molecule has 6 heteroatoms. The smallest absolute Gasteiger partial charge is 0.273 e. The zero-order chi connectivity index (χ0) is 13.0. The molecule has 0 fully saturated rings. The van der Waals surface area contributed by atoms with Crippen molar-refractivity contribution in [2.45, 2.75) is 71.1 Å². The Kier molecular flexibility index (Phi) is 16.8. The number of hydrogen-bond donors (Lipinski definition) is 2. The van der Waals surface area contributed by atoms with Crippen molar-refractivity contribution in [3.8, 4) is 0 Å². The molecule has 0 saturated heterocycles. The van der Waals surface area contributed by atoms with Crippen molar-refractivity contribution < 1.29 is 13.0 Å². The van der Waals surface area contributed by atoms with Crippen molar-refractivity contribution in [3.05, 3.63) is 0 Å². The molecule has 0 aliphatic rings. The van der Waals surface area contributed by atoms with Gasteiger partial charge in [-0.3, -0.25) is 4.55 Å². The molecule has 0 aromatic heterocycles. The van der Waals surface area contributed by atoms with Crippen LogP contribution in [0.2, 0.25) is 0 Å². The van der Waals surface area contributed by atoms with E-state index in [0.29, 0.717) is 6.54 Å². The first-order valence-electron chi connectivity index (χ1n) is 6.78. The summed E-state index contributed by atoms with van der Waals surface area (Å²) in [6, 6.07) is 0. The van der Waals surface area contributed by atoms with Gasteiger partial charge in [0.25, 0.3) is 0 Å². The van der Waals surface area contributed by atoms with E-state index in [1.165, 1.54) is 44.9 Å². The fourth-order valence-corrected chi connectivity index (χ4v) is 2.22. The van der Waals surface area contributed by atoms with Crippen LogP contribution >= 0.6 is 0 Å². The summed E-state index contributed by atoms with van der Waals surface area (Å²) in [6.45, 7) is 2.57. The molecule has 0 aliphatic carbocycles. The van der Waals surface area contributed by atoms with Crippen molar-refractivity contribution >= 4 is 39.9 Å². The van der Waals surface area contributed by atoms with Crippen LogP contribution in [-0.4, -0.2) is 49.1 Å². The maximum atomic E-state index is 10.3. The molecule has 0 atom stereocenters. The maximum Gasteiger partial charge on any atom is 0.333 e. The van der Waals surface area contributed by atoms with Crippen LogP contribution in [0, 0.1) is 0 Å². The van der Waals surface area contributed by atoms with Crippen LogP contribution < -0.4 is 4.72 Å². The van der Waals surface area contributed by atoms with Crippen molar-refractivity contribution in [2.75, 3.05) is 6.54 Å². The van der Waals surface area contributed by atoms with Gasteiger partial charge in [-0.15, -0.1) is 0 Å². The van der Waals surface area contributed by atoms with E-state index in [4.69, 9.17) is 4.55 Å². The predicted molar refractivity (Wildman–Crippen MR) is 77.1 cm³/mol. The summed E-state index contributed by atoms with van der Waals surface area (Å²) in [5, 5.41) is 0. The van der Waals surface area contributed by atoms with E-state index in [1.54, 1.807) is 0 Å². The molecule has 1 radical (unpaired) electrons. The molecule has 0 unspecified atom stereocenters. The topological polar surface area (TPSA) is 66.4 Å². The second kappa shape index (κ2) is 14.3. The zero-order valence-electron chi connectivity index (χ0n) is 12.0. The maximum absolute atomic E-state index is 10.3. The fraction of sp³-hybridized carbons (Fsp3) is 1.00. The molecule has 0 aromatic carbocycles. The first-order valence-corrected chi connectivity index (χ1v) is 8.22. The second-order valence-corrected chi connectivity index (χ2v) is 5.79. The van der Waals surface area contributed by atoms with Gasteiger partial charge in [0.2, 0.25) is 0 Å². The third kappa shape index (κ3) is 19.2. The minimum atomic E-state index is -3.98. The molecule has 0 heterocycles. The van der Waals surface area contributed by atoms with E-state index in [1.807, 2.05) is 0 Å². The Hall–Kier alpha value is 0.870. The van der Waals surface area contributed by atoms with Gasteiger partial charge in [0.1, 0.15) is 0 Å². The molecule has 0 saturated carbocycles.